The first-order valence-corrected chi connectivity index (χ1v) is 10.0. The number of carbonyl (C=O) groups is 2. The van der Waals surface area contributed by atoms with Gasteiger partial charge in [-0.05, 0) is 23.8 Å². The molecule has 2 aliphatic heterocycles. The summed E-state index contributed by atoms with van der Waals surface area (Å²) in [5.74, 6) is -0.599. The van der Waals surface area contributed by atoms with Gasteiger partial charge in [-0.15, -0.1) is 5.06 Å². The minimum Gasteiger partial charge on any atom is -0.352 e. The molecule has 0 saturated carbocycles. The van der Waals surface area contributed by atoms with Crippen LogP contribution in [0.5, 0.6) is 0 Å². The predicted molar refractivity (Wildman–Crippen MR) is 110 cm³/mol. The van der Waals surface area contributed by atoms with Gasteiger partial charge in [-0.2, -0.15) is 0 Å². The quantitative estimate of drug-likeness (QED) is 0.542. The van der Waals surface area contributed by atoms with E-state index in [1.807, 2.05) is 47.4 Å². The number of halogens is 1. The van der Waals surface area contributed by atoms with Gasteiger partial charge in [-0.25, -0.2) is 4.39 Å². The molecule has 30 heavy (non-hydrogen) atoms. The summed E-state index contributed by atoms with van der Waals surface area (Å²) in [5, 5.41) is 0.804. The number of hydroxylamine groups is 2. The van der Waals surface area contributed by atoms with E-state index in [9.17, 15) is 14.0 Å². The lowest BCUT2D eigenvalue weighted by Crippen LogP contribution is -2.46. The minimum absolute atomic E-state index is 0.175. The summed E-state index contributed by atoms with van der Waals surface area (Å²) in [4.78, 5) is 32.8. The maximum Gasteiger partial charge on any atom is 0.264 e. The summed E-state index contributed by atoms with van der Waals surface area (Å²) >= 11 is 0. The molecule has 2 saturated heterocycles. The van der Waals surface area contributed by atoms with Crippen LogP contribution in [-0.4, -0.2) is 52.9 Å². The molecule has 0 aromatic heterocycles. The molecular weight excluding hydrogens is 385 g/mol. The highest BCUT2D eigenvalue weighted by atomic mass is 19.1. The zero-order valence-electron chi connectivity index (χ0n) is 16.7. The highest BCUT2D eigenvalue weighted by Crippen LogP contribution is 2.23. The zero-order chi connectivity index (χ0) is 21.1. The second kappa shape index (κ2) is 8.67. The molecule has 0 aliphatic carbocycles. The van der Waals surface area contributed by atoms with Crippen molar-refractivity contribution in [2.75, 3.05) is 26.2 Å². The van der Waals surface area contributed by atoms with Crippen molar-refractivity contribution in [3.8, 4) is 11.1 Å². The lowest BCUT2D eigenvalue weighted by atomic mass is 10.0. The molecule has 0 spiro atoms. The monoisotopic (exact) mass is 409 g/mol. The first-order valence-electron chi connectivity index (χ1n) is 10.0. The SMILES string of the molecule is C=C(ON1C(=O)CCC1=O)N1CCN(Cc2ccc(-c3ccccc3)cc2F)CC1. The molecule has 7 heteroatoms. The number of hydrogen-bond acceptors (Lipinski definition) is 5. The van der Waals surface area contributed by atoms with E-state index in [-0.39, 0.29) is 36.4 Å². The fourth-order valence-electron chi connectivity index (χ4n) is 3.70. The van der Waals surface area contributed by atoms with E-state index in [1.54, 1.807) is 6.07 Å². The number of benzene rings is 2. The summed E-state index contributed by atoms with van der Waals surface area (Å²) in [7, 11) is 0. The molecule has 4 rings (SSSR count). The summed E-state index contributed by atoms with van der Waals surface area (Å²) in [5.41, 5.74) is 2.51. The molecule has 2 amide bonds. The van der Waals surface area contributed by atoms with Gasteiger partial charge in [0.05, 0.1) is 0 Å². The van der Waals surface area contributed by atoms with E-state index in [0.29, 0.717) is 38.3 Å². The number of imide groups is 1. The molecule has 0 N–H and O–H groups in total. The van der Waals surface area contributed by atoms with Gasteiger partial charge in [0.15, 0.2) is 0 Å². The fourth-order valence-corrected chi connectivity index (χ4v) is 3.70. The van der Waals surface area contributed by atoms with Crippen LogP contribution in [0.1, 0.15) is 18.4 Å². The third-order valence-corrected chi connectivity index (χ3v) is 5.48. The van der Waals surface area contributed by atoms with Gasteiger partial charge in [0.25, 0.3) is 11.8 Å². The Kier molecular flexibility index (Phi) is 5.81. The van der Waals surface area contributed by atoms with Crippen LogP contribution in [0.2, 0.25) is 0 Å². The number of nitrogens with zero attached hydrogens (tertiary/aromatic N) is 3. The highest BCUT2D eigenvalue weighted by Gasteiger charge is 2.33. The van der Waals surface area contributed by atoms with Gasteiger partial charge in [0.1, 0.15) is 5.82 Å². The molecule has 0 radical (unpaired) electrons. The maximum atomic E-state index is 14.7. The van der Waals surface area contributed by atoms with Crippen molar-refractivity contribution in [1.82, 2.24) is 14.9 Å². The largest absolute Gasteiger partial charge is 0.352 e. The number of hydrogen-bond donors (Lipinski definition) is 0. The van der Waals surface area contributed by atoms with Crippen LogP contribution in [-0.2, 0) is 21.0 Å². The van der Waals surface area contributed by atoms with Crippen LogP contribution in [0, 0.1) is 5.82 Å². The van der Waals surface area contributed by atoms with Crippen molar-refractivity contribution in [1.29, 1.82) is 0 Å². The smallest absolute Gasteiger partial charge is 0.264 e. The van der Waals surface area contributed by atoms with Crippen LogP contribution in [0.15, 0.2) is 61.0 Å². The molecule has 0 unspecified atom stereocenters. The van der Waals surface area contributed by atoms with Gasteiger partial charge in [0.2, 0.25) is 5.88 Å². The van der Waals surface area contributed by atoms with E-state index < -0.39 is 0 Å². The van der Waals surface area contributed by atoms with E-state index in [1.165, 1.54) is 0 Å². The number of carbonyl (C=O) groups excluding carboxylic acids is 2. The molecule has 2 aliphatic rings. The van der Waals surface area contributed by atoms with E-state index in [4.69, 9.17) is 4.84 Å². The Morgan fingerprint density at radius 3 is 2.23 bits per heavy atom. The normalized spacial score (nSPS) is 17.5. The van der Waals surface area contributed by atoms with Crippen molar-refractivity contribution < 1.29 is 18.8 Å². The second-order valence-electron chi connectivity index (χ2n) is 7.50. The summed E-state index contributed by atoms with van der Waals surface area (Å²) in [6.07, 6.45) is 0.350. The van der Waals surface area contributed by atoms with Crippen LogP contribution >= 0.6 is 0 Å². The van der Waals surface area contributed by atoms with E-state index >= 15 is 0 Å². The third kappa shape index (κ3) is 4.36. The van der Waals surface area contributed by atoms with Gasteiger partial charge in [-0.3, -0.25) is 14.5 Å². The van der Waals surface area contributed by atoms with E-state index in [2.05, 4.69) is 11.5 Å². The van der Waals surface area contributed by atoms with Crippen molar-refractivity contribution in [3.05, 3.63) is 72.4 Å². The molecular formula is C23H24FN3O3. The molecule has 156 valence electrons. The molecule has 2 heterocycles. The van der Waals surface area contributed by atoms with Crippen molar-refractivity contribution >= 4 is 11.8 Å². The topological polar surface area (TPSA) is 53.1 Å². The van der Waals surface area contributed by atoms with Crippen LogP contribution in [0.25, 0.3) is 11.1 Å². The molecule has 2 fully saturated rings. The van der Waals surface area contributed by atoms with E-state index in [0.717, 1.165) is 16.2 Å². The Hall–Kier alpha value is -3.19. The van der Waals surface area contributed by atoms with Gasteiger partial charge < -0.3 is 9.74 Å². The van der Waals surface area contributed by atoms with Crippen molar-refractivity contribution in [2.45, 2.75) is 19.4 Å². The summed E-state index contributed by atoms with van der Waals surface area (Å²) in [6.45, 7) is 7.02. The summed E-state index contributed by atoms with van der Waals surface area (Å²) in [6, 6.07) is 15.1. The Morgan fingerprint density at radius 2 is 1.60 bits per heavy atom. The maximum absolute atomic E-state index is 14.7. The highest BCUT2D eigenvalue weighted by molar-refractivity contribution is 6.00. The van der Waals surface area contributed by atoms with Crippen LogP contribution in [0.3, 0.4) is 0 Å². The third-order valence-electron chi connectivity index (χ3n) is 5.48. The Morgan fingerprint density at radius 1 is 0.933 bits per heavy atom. The van der Waals surface area contributed by atoms with Crippen LogP contribution in [0.4, 0.5) is 4.39 Å². The Bertz CT molecular complexity index is 939. The van der Waals surface area contributed by atoms with Crippen molar-refractivity contribution in [2.24, 2.45) is 0 Å². The Labute approximate surface area is 175 Å². The van der Waals surface area contributed by atoms with Crippen molar-refractivity contribution in [3.63, 3.8) is 0 Å². The first-order chi connectivity index (χ1) is 14.5. The standard InChI is InChI=1S/C23H24FN3O3/c1-17(30-27-22(28)9-10-23(27)29)26-13-11-25(12-14-26)16-20-8-7-19(15-21(20)24)18-5-3-2-4-6-18/h2-8,15H,1,9-14,16H2. The number of piperazine rings is 1. The average Bonchev–Trinajstić information content (AvgIpc) is 3.08. The molecule has 0 atom stereocenters. The lowest BCUT2D eigenvalue weighted by molar-refractivity contribution is -0.183. The van der Waals surface area contributed by atoms with Gasteiger partial charge in [0, 0.05) is 51.1 Å². The fraction of sp³-hybridized carbons (Fsp3) is 0.304. The van der Waals surface area contributed by atoms with Gasteiger partial charge in [-0.1, -0.05) is 42.5 Å². The molecule has 0 bridgehead atoms. The Balaban J connectivity index is 1.31. The average molecular weight is 409 g/mol. The molecule has 2 aromatic carbocycles. The first kappa shape index (κ1) is 20.1. The number of amides is 2. The second-order valence-corrected chi connectivity index (χ2v) is 7.50. The predicted octanol–water partition coefficient (Wildman–Crippen LogP) is 3.16. The minimum atomic E-state index is -0.339. The van der Waals surface area contributed by atoms with Gasteiger partial charge >= 0.3 is 0 Å². The number of rotatable bonds is 6. The molecule has 2 aromatic rings. The molecule has 6 nitrogen and oxygen atoms in total. The zero-order valence-corrected chi connectivity index (χ0v) is 16.7. The van der Waals surface area contributed by atoms with Crippen LogP contribution < -0.4 is 0 Å². The summed E-state index contributed by atoms with van der Waals surface area (Å²) < 4.78 is 14.7. The lowest BCUT2D eigenvalue weighted by Gasteiger charge is -2.36.